The summed E-state index contributed by atoms with van der Waals surface area (Å²) in [5.74, 6) is 0.120. The average molecular weight is 368 g/mol. The fourth-order valence-electron chi connectivity index (χ4n) is 2.12. The van der Waals surface area contributed by atoms with Gasteiger partial charge in [0.15, 0.2) is 0 Å². The van der Waals surface area contributed by atoms with Crippen molar-refractivity contribution in [2.24, 2.45) is 10.2 Å². The van der Waals surface area contributed by atoms with Crippen LogP contribution >= 0.6 is 0 Å². The Labute approximate surface area is 156 Å². The van der Waals surface area contributed by atoms with Crippen molar-refractivity contribution in [2.45, 2.75) is 6.42 Å². The highest BCUT2D eigenvalue weighted by atomic mass is 16.5. The second-order valence-electron chi connectivity index (χ2n) is 5.25. The van der Waals surface area contributed by atoms with Gasteiger partial charge in [0.2, 0.25) is 11.8 Å². The summed E-state index contributed by atoms with van der Waals surface area (Å²) >= 11 is 0. The summed E-state index contributed by atoms with van der Waals surface area (Å²) < 4.78 is 10.3. The minimum absolute atomic E-state index is 0.410. The fraction of sp³-hybridized carbons (Fsp3) is 0.158. The predicted molar refractivity (Wildman–Crippen MR) is 102 cm³/mol. The molecule has 2 rings (SSSR count). The van der Waals surface area contributed by atoms with E-state index in [9.17, 15) is 9.59 Å². The zero-order valence-corrected chi connectivity index (χ0v) is 15.0. The first-order valence-electron chi connectivity index (χ1n) is 8.04. The van der Waals surface area contributed by atoms with Gasteiger partial charge in [-0.05, 0) is 24.3 Å². The van der Waals surface area contributed by atoms with Crippen molar-refractivity contribution in [3.63, 3.8) is 0 Å². The van der Waals surface area contributed by atoms with Crippen molar-refractivity contribution in [3.05, 3.63) is 59.7 Å². The second kappa shape index (κ2) is 10.3. The normalized spacial score (nSPS) is 10.7. The van der Waals surface area contributed by atoms with Gasteiger partial charge in [0.1, 0.15) is 17.9 Å². The molecule has 0 spiro atoms. The first-order chi connectivity index (χ1) is 13.1. The molecule has 0 saturated heterocycles. The molecule has 0 aliphatic heterocycles. The van der Waals surface area contributed by atoms with Crippen LogP contribution in [0.3, 0.4) is 0 Å². The molecule has 140 valence electrons. The Hall–Kier alpha value is -3.68. The van der Waals surface area contributed by atoms with Crippen LogP contribution in [0.4, 0.5) is 0 Å². The van der Waals surface area contributed by atoms with Crippen LogP contribution in [0.2, 0.25) is 0 Å². The molecule has 2 aromatic rings. The Kier molecular flexibility index (Phi) is 7.52. The molecule has 2 aromatic carbocycles. The number of para-hydroxylation sites is 2. The number of rotatable bonds is 8. The van der Waals surface area contributed by atoms with Crippen LogP contribution in [0.15, 0.2) is 58.7 Å². The average Bonchev–Trinajstić information content (AvgIpc) is 2.68. The van der Waals surface area contributed by atoms with Gasteiger partial charge in [-0.25, -0.2) is 10.9 Å². The number of hydrogen-bond donors (Lipinski definition) is 2. The minimum Gasteiger partial charge on any atom is -0.496 e. The molecule has 0 saturated carbocycles. The maximum absolute atomic E-state index is 11.7. The van der Waals surface area contributed by atoms with Gasteiger partial charge in [0, 0.05) is 11.1 Å². The Morgan fingerprint density at radius 2 is 1.22 bits per heavy atom. The van der Waals surface area contributed by atoms with E-state index in [2.05, 4.69) is 21.1 Å². The molecule has 0 radical (unpaired) electrons. The van der Waals surface area contributed by atoms with E-state index in [0.29, 0.717) is 22.6 Å². The number of hydrogen-bond acceptors (Lipinski definition) is 6. The molecule has 8 heteroatoms. The van der Waals surface area contributed by atoms with Crippen LogP contribution < -0.4 is 20.3 Å². The summed E-state index contributed by atoms with van der Waals surface area (Å²) in [5.41, 5.74) is 5.96. The highest BCUT2D eigenvalue weighted by Crippen LogP contribution is 2.15. The van der Waals surface area contributed by atoms with Crippen molar-refractivity contribution in [1.82, 2.24) is 10.9 Å². The molecule has 0 unspecified atom stereocenters. The van der Waals surface area contributed by atoms with Crippen LogP contribution in [-0.4, -0.2) is 38.5 Å². The molecular formula is C19H20N4O4. The van der Waals surface area contributed by atoms with Gasteiger partial charge >= 0.3 is 0 Å². The summed E-state index contributed by atoms with van der Waals surface area (Å²) in [4.78, 5) is 23.5. The lowest BCUT2D eigenvalue weighted by atomic mass is 10.2. The van der Waals surface area contributed by atoms with Crippen molar-refractivity contribution >= 4 is 24.2 Å². The van der Waals surface area contributed by atoms with Crippen molar-refractivity contribution in [1.29, 1.82) is 0 Å². The molecule has 27 heavy (non-hydrogen) atoms. The second-order valence-corrected chi connectivity index (χ2v) is 5.25. The van der Waals surface area contributed by atoms with E-state index in [0.717, 1.165) is 0 Å². The smallest absolute Gasteiger partial charge is 0.249 e. The van der Waals surface area contributed by atoms with Gasteiger partial charge in [-0.15, -0.1) is 0 Å². The van der Waals surface area contributed by atoms with Crippen molar-refractivity contribution < 1.29 is 19.1 Å². The quantitative estimate of drug-likeness (QED) is 0.421. The van der Waals surface area contributed by atoms with Gasteiger partial charge in [-0.2, -0.15) is 10.2 Å². The van der Waals surface area contributed by atoms with Gasteiger partial charge in [0.05, 0.1) is 26.6 Å². The van der Waals surface area contributed by atoms with Crippen LogP contribution in [0, 0.1) is 0 Å². The summed E-state index contributed by atoms with van der Waals surface area (Å²) in [6.07, 6.45) is 2.47. The monoisotopic (exact) mass is 368 g/mol. The van der Waals surface area contributed by atoms with E-state index in [-0.39, 0.29) is 0 Å². The molecule has 0 aliphatic carbocycles. The molecule has 0 aromatic heterocycles. The van der Waals surface area contributed by atoms with Crippen LogP contribution in [0.1, 0.15) is 17.5 Å². The summed E-state index contributed by atoms with van der Waals surface area (Å²) in [5, 5.41) is 7.63. The lowest BCUT2D eigenvalue weighted by Gasteiger charge is -2.04. The van der Waals surface area contributed by atoms with Gasteiger partial charge in [-0.1, -0.05) is 24.3 Å². The molecular weight excluding hydrogens is 348 g/mol. The number of nitrogens with zero attached hydrogens (tertiary/aromatic N) is 2. The van der Waals surface area contributed by atoms with Crippen molar-refractivity contribution in [2.75, 3.05) is 14.2 Å². The molecule has 0 heterocycles. The zero-order chi connectivity index (χ0) is 19.5. The molecule has 0 atom stereocenters. The fourth-order valence-corrected chi connectivity index (χ4v) is 2.12. The summed E-state index contributed by atoms with van der Waals surface area (Å²) in [6.45, 7) is 0. The van der Waals surface area contributed by atoms with E-state index in [1.165, 1.54) is 12.4 Å². The number of hydrazone groups is 2. The Balaban J connectivity index is 1.81. The molecule has 0 aliphatic rings. The van der Waals surface area contributed by atoms with Crippen LogP contribution in [-0.2, 0) is 9.59 Å². The summed E-state index contributed by atoms with van der Waals surface area (Å²) in [7, 11) is 3.09. The Morgan fingerprint density at radius 3 is 1.63 bits per heavy atom. The highest BCUT2D eigenvalue weighted by Gasteiger charge is 2.08. The number of benzene rings is 2. The lowest BCUT2D eigenvalue weighted by Crippen LogP contribution is -2.27. The third kappa shape index (κ3) is 6.28. The molecule has 0 fully saturated rings. The SMILES string of the molecule is COc1ccccc1/C=N/NC(=O)CC(=O)N/N=C/c1ccccc1OC. The summed E-state index contributed by atoms with van der Waals surface area (Å²) in [6, 6.07) is 14.4. The first-order valence-corrected chi connectivity index (χ1v) is 8.04. The number of nitrogens with one attached hydrogen (secondary N) is 2. The number of methoxy groups -OCH3 is 2. The topological polar surface area (TPSA) is 101 Å². The first kappa shape index (κ1) is 19.6. The molecule has 8 nitrogen and oxygen atoms in total. The lowest BCUT2D eigenvalue weighted by molar-refractivity contribution is -0.129. The molecule has 2 amide bonds. The van der Waals surface area contributed by atoms with E-state index >= 15 is 0 Å². The number of carbonyl (C=O) groups is 2. The largest absolute Gasteiger partial charge is 0.496 e. The molecule has 2 N–H and O–H groups in total. The van der Waals surface area contributed by atoms with Gasteiger partial charge in [0.25, 0.3) is 0 Å². The third-order valence-electron chi connectivity index (χ3n) is 3.38. The Morgan fingerprint density at radius 1 is 0.815 bits per heavy atom. The zero-order valence-electron chi connectivity index (χ0n) is 15.0. The number of carbonyl (C=O) groups excluding carboxylic acids is 2. The standard InChI is InChI=1S/C19H20N4O4/c1-26-16-9-5-3-7-14(16)12-20-22-18(24)11-19(25)23-21-13-15-8-4-6-10-17(15)27-2/h3-10,12-13H,11H2,1-2H3,(H,22,24)(H,23,25)/b20-12+,21-13+. The van der Waals surface area contributed by atoms with Crippen LogP contribution in [0.5, 0.6) is 11.5 Å². The van der Waals surface area contributed by atoms with E-state index in [4.69, 9.17) is 9.47 Å². The molecule has 0 bridgehead atoms. The maximum atomic E-state index is 11.7. The van der Waals surface area contributed by atoms with Crippen molar-refractivity contribution in [3.8, 4) is 11.5 Å². The minimum atomic E-state index is -0.564. The third-order valence-corrected chi connectivity index (χ3v) is 3.38. The Bertz CT molecular complexity index is 780. The number of amides is 2. The predicted octanol–water partition coefficient (Wildman–Crippen LogP) is 1.69. The van der Waals surface area contributed by atoms with Gasteiger partial charge in [-0.3, -0.25) is 9.59 Å². The highest BCUT2D eigenvalue weighted by molar-refractivity contribution is 5.97. The van der Waals surface area contributed by atoms with E-state index < -0.39 is 18.2 Å². The number of ether oxygens (including phenoxy) is 2. The van der Waals surface area contributed by atoms with E-state index in [1.807, 2.05) is 24.3 Å². The van der Waals surface area contributed by atoms with Crippen LogP contribution in [0.25, 0.3) is 0 Å². The van der Waals surface area contributed by atoms with Gasteiger partial charge < -0.3 is 9.47 Å². The maximum Gasteiger partial charge on any atom is 0.249 e. The van der Waals surface area contributed by atoms with E-state index in [1.54, 1.807) is 38.5 Å².